The van der Waals surface area contributed by atoms with Crippen molar-refractivity contribution in [2.75, 3.05) is 16.1 Å². The average molecular weight is 502 g/mol. The van der Waals surface area contributed by atoms with Crippen molar-refractivity contribution in [2.24, 2.45) is 0 Å². The number of fused-ring (bicyclic) bond motifs is 1. The van der Waals surface area contributed by atoms with Gasteiger partial charge in [0.05, 0.1) is 26.9 Å². The lowest BCUT2D eigenvalue weighted by atomic mass is 10.2. The summed E-state index contributed by atoms with van der Waals surface area (Å²) in [6, 6.07) is 19.6. The normalized spacial score (nSPS) is 10.6. The van der Waals surface area contributed by atoms with Crippen LogP contribution in [0.5, 0.6) is 0 Å². The summed E-state index contributed by atoms with van der Waals surface area (Å²) in [7, 11) is 0. The zero-order valence-electron chi connectivity index (χ0n) is 16.7. The molecule has 0 unspecified atom stereocenters. The van der Waals surface area contributed by atoms with E-state index in [9.17, 15) is 14.4 Å². The van der Waals surface area contributed by atoms with E-state index in [4.69, 9.17) is 34.8 Å². The fraction of sp³-hybridized carbons (Fsp3) is 0. The molecule has 166 valence electrons. The lowest BCUT2D eigenvalue weighted by molar-refractivity contribution is -0.133. The molecule has 3 amide bonds. The zero-order chi connectivity index (χ0) is 23.5. The number of para-hydroxylation sites is 2. The Balaban J connectivity index is 1.65. The van der Waals surface area contributed by atoms with Crippen LogP contribution in [-0.2, 0) is 9.59 Å². The monoisotopic (exact) mass is 500 g/mol. The summed E-state index contributed by atoms with van der Waals surface area (Å²) in [6.45, 7) is 0. The maximum atomic E-state index is 13.0. The maximum Gasteiger partial charge on any atom is 0.328 e. The van der Waals surface area contributed by atoms with Crippen molar-refractivity contribution >= 4 is 74.8 Å². The molecule has 33 heavy (non-hydrogen) atoms. The molecule has 0 saturated heterocycles. The number of hydrogen-bond acceptors (Lipinski definition) is 3. The molecule has 0 aliphatic heterocycles. The van der Waals surface area contributed by atoms with Gasteiger partial charge in [0.1, 0.15) is 5.69 Å². The van der Waals surface area contributed by atoms with E-state index in [1.165, 1.54) is 4.68 Å². The highest BCUT2D eigenvalue weighted by Crippen LogP contribution is 2.26. The quantitative estimate of drug-likeness (QED) is 0.320. The highest BCUT2D eigenvalue weighted by Gasteiger charge is 2.22. The Bertz CT molecular complexity index is 1400. The third-order valence-corrected chi connectivity index (χ3v) is 5.55. The number of hydrogen-bond donors (Lipinski definition) is 3. The summed E-state index contributed by atoms with van der Waals surface area (Å²) < 4.78 is 1.21. The molecule has 1 heterocycles. The number of aromatic nitrogens is 1. The molecule has 0 spiro atoms. The minimum atomic E-state index is -1.01. The molecule has 0 atom stereocenters. The van der Waals surface area contributed by atoms with Crippen LogP contribution in [0.2, 0.25) is 15.1 Å². The molecule has 0 bridgehead atoms. The third-order valence-electron chi connectivity index (χ3n) is 4.66. The van der Waals surface area contributed by atoms with Gasteiger partial charge in [-0.05, 0) is 48.5 Å². The molecule has 10 heteroatoms. The molecule has 4 rings (SSSR count). The standard InChI is InChI=1S/C23H15Cl3N4O3/c24-14-9-10-19-13(11-14)12-20(21(31)27-17-7-3-1-5-15(17)25)30(19)29-23(33)22(32)28-18-8-4-2-6-16(18)26/h1-12H,(H,27,31)(H,28,32)(H,29,33). The molecule has 0 aliphatic carbocycles. The van der Waals surface area contributed by atoms with Crippen LogP contribution in [0.4, 0.5) is 11.4 Å². The molecule has 3 aromatic carbocycles. The van der Waals surface area contributed by atoms with Gasteiger partial charge in [-0.25, -0.2) is 4.68 Å². The Kier molecular flexibility index (Phi) is 6.55. The van der Waals surface area contributed by atoms with Gasteiger partial charge >= 0.3 is 11.8 Å². The molecule has 1 aromatic heterocycles. The van der Waals surface area contributed by atoms with Gasteiger partial charge in [0, 0.05) is 10.4 Å². The van der Waals surface area contributed by atoms with Gasteiger partial charge in [-0.1, -0.05) is 59.1 Å². The first kappa shape index (κ1) is 22.7. The van der Waals surface area contributed by atoms with Gasteiger partial charge in [-0.2, -0.15) is 0 Å². The highest BCUT2D eigenvalue weighted by atomic mass is 35.5. The number of amides is 3. The van der Waals surface area contributed by atoms with Crippen LogP contribution in [0, 0.1) is 0 Å². The van der Waals surface area contributed by atoms with E-state index >= 15 is 0 Å². The largest absolute Gasteiger partial charge is 0.328 e. The third kappa shape index (κ3) is 4.96. The Morgan fingerprint density at radius 3 is 1.94 bits per heavy atom. The van der Waals surface area contributed by atoms with Gasteiger partial charge in [0.15, 0.2) is 0 Å². The second kappa shape index (κ2) is 9.54. The lowest BCUT2D eigenvalue weighted by Crippen LogP contribution is -2.36. The second-order valence-corrected chi connectivity index (χ2v) is 8.13. The predicted octanol–water partition coefficient (Wildman–Crippen LogP) is 5.56. The summed E-state index contributed by atoms with van der Waals surface area (Å²) in [4.78, 5) is 38.2. The first-order valence-corrected chi connectivity index (χ1v) is 10.7. The lowest BCUT2D eigenvalue weighted by Gasteiger charge is -2.13. The van der Waals surface area contributed by atoms with E-state index in [2.05, 4.69) is 16.1 Å². The first-order chi connectivity index (χ1) is 15.8. The topological polar surface area (TPSA) is 92.2 Å². The summed E-state index contributed by atoms with van der Waals surface area (Å²) in [5, 5.41) is 6.79. The summed E-state index contributed by atoms with van der Waals surface area (Å²) in [6.07, 6.45) is 0. The van der Waals surface area contributed by atoms with Gasteiger partial charge in [-0.15, -0.1) is 0 Å². The zero-order valence-corrected chi connectivity index (χ0v) is 19.0. The first-order valence-electron chi connectivity index (χ1n) is 9.57. The van der Waals surface area contributed by atoms with Crippen LogP contribution < -0.4 is 16.1 Å². The molecule has 0 aliphatic rings. The van der Waals surface area contributed by atoms with E-state index in [0.29, 0.717) is 26.6 Å². The minimum absolute atomic E-state index is 0.0612. The van der Waals surface area contributed by atoms with Crippen LogP contribution >= 0.6 is 34.8 Å². The SMILES string of the molecule is O=C(Nc1ccccc1Cl)C(=O)Nn1c(C(=O)Nc2ccccc2Cl)cc2cc(Cl)ccc21. The van der Waals surface area contributed by atoms with Crippen LogP contribution in [-0.4, -0.2) is 22.4 Å². The van der Waals surface area contributed by atoms with Crippen molar-refractivity contribution in [1.82, 2.24) is 4.68 Å². The fourth-order valence-electron chi connectivity index (χ4n) is 3.12. The van der Waals surface area contributed by atoms with E-state index in [-0.39, 0.29) is 16.4 Å². The predicted molar refractivity (Wildman–Crippen MR) is 131 cm³/mol. The Morgan fingerprint density at radius 1 is 0.697 bits per heavy atom. The molecule has 0 saturated carbocycles. The van der Waals surface area contributed by atoms with E-state index in [1.807, 2.05) is 0 Å². The van der Waals surface area contributed by atoms with Gasteiger partial charge in [-0.3, -0.25) is 19.8 Å². The van der Waals surface area contributed by atoms with Crippen LogP contribution in [0.15, 0.2) is 72.8 Å². The second-order valence-electron chi connectivity index (χ2n) is 6.88. The summed E-state index contributed by atoms with van der Waals surface area (Å²) in [5.41, 5.74) is 3.65. The molecule has 4 aromatic rings. The van der Waals surface area contributed by atoms with Crippen molar-refractivity contribution in [2.45, 2.75) is 0 Å². The van der Waals surface area contributed by atoms with Crippen molar-refractivity contribution < 1.29 is 14.4 Å². The van der Waals surface area contributed by atoms with E-state index in [1.54, 1.807) is 72.8 Å². The Hall–Kier alpha value is -3.52. The smallest absolute Gasteiger partial charge is 0.319 e. The van der Waals surface area contributed by atoms with E-state index < -0.39 is 17.7 Å². The number of carbonyl (C=O) groups is 3. The average Bonchev–Trinajstić information content (AvgIpc) is 3.14. The molecule has 3 N–H and O–H groups in total. The maximum absolute atomic E-state index is 13.0. The Labute approximate surface area is 203 Å². The molecule has 7 nitrogen and oxygen atoms in total. The number of nitrogens with zero attached hydrogens (tertiary/aromatic N) is 1. The van der Waals surface area contributed by atoms with Gasteiger partial charge < -0.3 is 10.6 Å². The van der Waals surface area contributed by atoms with Gasteiger partial charge in [0.25, 0.3) is 5.91 Å². The molecule has 0 fully saturated rings. The summed E-state index contributed by atoms with van der Waals surface area (Å²) >= 11 is 18.3. The number of halogens is 3. The Morgan fingerprint density at radius 2 is 1.30 bits per heavy atom. The van der Waals surface area contributed by atoms with Crippen molar-refractivity contribution in [3.8, 4) is 0 Å². The molecular formula is C23H15Cl3N4O3. The van der Waals surface area contributed by atoms with Crippen molar-refractivity contribution in [3.63, 3.8) is 0 Å². The van der Waals surface area contributed by atoms with Crippen LogP contribution in [0.3, 0.4) is 0 Å². The van der Waals surface area contributed by atoms with Crippen LogP contribution in [0.25, 0.3) is 10.9 Å². The number of nitrogens with one attached hydrogen (secondary N) is 3. The number of carbonyl (C=O) groups excluding carboxylic acids is 3. The minimum Gasteiger partial charge on any atom is -0.319 e. The number of anilines is 2. The number of rotatable bonds is 4. The number of benzene rings is 3. The highest BCUT2D eigenvalue weighted by molar-refractivity contribution is 6.44. The van der Waals surface area contributed by atoms with Crippen LogP contribution in [0.1, 0.15) is 10.5 Å². The molecule has 0 radical (unpaired) electrons. The van der Waals surface area contributed by atoms with Gasteiger partial charge in [0.2, 0.25) is 0 Å². The van der Waals surface area contributed by atoms with E-state index in [0.717, 1.165) is 0 Å². The molecular weight excluding hydrogens is 487 g/mol. The van der Waals surface area contributed by atoms with Crippen molar-refractivity contribution in [1.29, 1.82) is 0 Å². The van der Waals surface area contributed by atoms with Crippen molar-refractivity contribution in [3.05, 3.63) is 93.6 Å². The summed E-state index contributed by atoms with van der Waals surface area (Å²) in [5.74, 6) is -2.52. The fourth-order valence-corrected chi connectivity index (χ4v) is 3.66.